The number of rotatable bonds is 7. The second-order valence-electron chi connectivity index (χ2n) is 9.18. The van der Waals surface area contributed by atoms with Gasteiger partial charge >= 0.3 is 0 Å². The van der Waals surface area contributed by atoms with E-state index in [1.165, 1.54) is 0 Å². The lowest BCUT2D eigenvalue weighted by molar-refractivity contribution is -0.121. The molecule has 0 radical (unpaired) electrons. The Morgan fingerprint density at radius 2 is 1.79 bits per heavy atom. The highest BCUT2D eigenvalue weighted by atomic mass is 16.5. The van der Waals surface area contributed by atoms with Gasteiger partial charge in [-0.1, -0.05) is 30.3 Å². The highest BCUT2D eigenvalue weighted by molar-refractivity contribution is 5.80. The monoisotopic (exact) mass is 517 g/mol. The van der Waals surface area contributed by atoms with Gasteiger partial charge in [-0.2, -0.15) is 5.10 Å². The summed E-state index contributed by atoms with van der Waals surface area (Å²) in [6.45, 7) is 5.56. The number of fused-ring (bicyclic) bond motifs is 1. The zero-order chi connectivity index (χ0) is 27.2. The van der Waals surface area contributed by atoms with Crippen LogP contribution in [0.3, 0.4) is 0 Å². The van der Waals surface area contributed by atoms with E-state index in [1.807, 2.05) is 66.9 Å². The van der Waals surface area contributed by atoms with Crippen LogP contribution in [0, 0.1) is 13.8 Å². The predicted molar refractivity (Wildman–Crippen MR) is 148 cm³/mol. The van der Waals surface area contributed by atoms with Crippen molar-refractivity contribution in [2.24, 2.45) is 0 Å². The van der Waals surface area contributed by atoms with E-state index < -0.39 is 0 Å². The van der Waals surface area contributed by atoms with Crippen LogP contribution in [0.5, 0.6) is 11.5 Å². The number of aliphatic hydroxyl groups is 1. The third-order valence-corrected chi connectivity index (χ3v) is 6.62. The molecule has 1 aliphatic rings. The first-order chi connectivity index (χ1) is 18.5. The lowest BCUT2D eigenvalue weighted by Gasteiger charge is -2.20. The number of hydrogen-bond donors (Lipinski definition) is 2. The first-order valence-corrected chi connectivity index (χ1v) is 12.6. The van der Waals surface area contributed by atoms with Crippen molar-refractivity contribution in [1.82, 2.24) is 19.9 Å². The Balaban J connectivity index is 0.00000164. The molecule has 0 spiro atoms. The van der Waals surface area contributed by atoms with Gasteiger partial charge in [-0.15, -0.1) is 0 Å². The van der Waals surface area contributed by atoms with Crippen molar-refractivity contribution < 1.29 is 19.4 Å². The molecule has 1 aliphatic heterocycles. The van der Waals surface area contributed by atoms with Crippen molar-refractivity contribution in [2.45, 2.75) is 32.7 Å². The van der Waals surface area contributed by atoms with E-state index >= 15 is 0 Å². The van der Waals surface area contributed by atoms with Gasteiger partial charge in [0.1, 0.15) is 0 Å². The van der Waals surface area contributed by atoms with Gasteiger partial charge in [0.25, 0.3) is 0 Å². The smallest absolute Gasteiger partial charge is 0.224 e. The van der Waals surface area contributed by atoms with Crippen LogP contribution in [0.1, 0.15) is 23.4 Å². The third kappa shape index (κ3) is 5.57. The van der Waals surface area contributed by atoms with Gasteiger partial charge in [-0.25, -0.2) is 9.50 Å². The molecule has 1 atom stereocenters. The Morgan fingerprint density at radius 1 is 1.05 bits per heavy atom. The molecule has 2 aromatic carbocycles. The van der Waals surface area contributed by atoms with Crippen LogP contribution in [0.15, 0.2) is 54.6 Å². The van der Waals surface area contributed by atoms with Crippen LogP contribution in [0.4, 0.5) is 5.69 Å². The molecule has 1 amide bonds. The van der Waals surface area contributed by atoms with Gasteiger partial charge in [0.05, 0.1) is 43.4 Å². The lowest BCUT2D eigenvalue weighted by Crippen LogP contribution is -2.38. The number of nitrogens with zero attached hydrogens (tertiary/aromatic N) is 4. The summed E-state index contributed by atoms with van der Waals surface area (Å²) in [7, 11) is 4.26. The summed E-state index contributed by atoms with van der Waals surface area (Å²) in [6, 6.07) is 17.8. The molecule has 0 bridgehead atoms. The molecule has 5 rings (SSSR count). The molecule has 4 aromatic rings. The molecule has 200 valence electrons. The number of carbonyl (C=O) groups is 1. The molecule has 9 nitrogen and oxygen atoms in total. The zero-order valence-electron chi connectivity index (χ0n) is 22.6. The summed E-state index contributed by atoms with van der Waals surface area (Å²) in [6.07, 6.45) is 1.28. The largest absolute Gasteiger partial charge is 0.493 e. The van der Waals surface area contributed by atoms with Crippen LogP contribution in [-0.2, 0) is 11.2 Å². The fourth-order valence-electron chi connectivity index (χ4n) is 4.93. The minimum absolute atomic E-state index is 0.0523. The molecule has 2 N–H and O–H groups in total. The molecule has 9 heteroatoms. The van der Waals surface area contributed by atoms with E-state index in [0.29, 0.717) is 17.9 Å². The minimum Gasteiger partial charge on any atom is -0.493 e. The Labute approximate surface area is 223 Å². The summed E-state index contributed by atoms with van der Waals surface area (Å²) >= 11 is 0. The lowest BCUT2D eigenvalue weighted by atomic mass is 10.1. The van der Waals surface area contributed by atoms with Gasteiger partial charge in [-0.3, -0.25) is 4.79 Å². The fraction of sp³-hybridized carbons (Fsp3) is 0.345. The normalized spacial score (nSPS) is 14.7. The molecule has 3 heterocycles. The van der Waals surface area contributed by atoms with Gasteiger partial charge in [0.2, 0.25) is 5.91 Å². The minimum atomic E-state index is 0.0523. The number of carbonyl (C=O) groups excluding carboxylic acids is 1. The van der Waals surface area contributed by atoms with E-state index in [0.717, 1.165) is 66.2 Å². The number of aliphatic hydroxyl groups excluding tert-OH is 1. The zero-order valence-corrected chi connectivity index (χ0v) is 22.6. The fourth-order valence-corrected chi connectivity index (χ4v) is 4.93. The second-order valence-corrected chi connectivity index (χ2v) is 9.18. The molecule has 1 fully saturated rings. The summed E-state index contributed by atoms with van der Waals surface area (Å²) in [4.78, 5) is 19.8. The Morgan fingerprint density at radius 3 is 2.50 bits per heavy atom. The van der Waals surface area contributed by atoms with Gasteiger partial charge in [0.15, 0.2) is 17.1 Å². The maximum atomic E-state index is 12.6. The number of amides is 1. The molecule has 38 heavy (non-hydrogen) atoms. The van der Waals surface area contributed by atoms with Crippen molar-refractivity contribution in [3.05, 3.63) is 71.5 Å². The summed E-state index contributed by atoms with van der Waals surface area (Å²) < 4.78 is 12.8. The molecule has 1 unspecified atom stereocenters. The first-order valence-electron chi connectivity index (χ1n) is 12.6. The van der Waals surface area contributed by atoms with E-state index in [2.05, 4.69) is 16.3 Å². The summed E-state index contributed by atoms with van der Waals surface area (Å²) in [5.41, 5.74) is 6.50. The van der Waals surface area contributed by atoms with Gasteiger partial charge < -0.3 is 24.8 Å². The molecular weight excluding hydrogens is 482 g/mol. The Kier molecular flexibility index (Phi) is 8.48. The highest BCUT2D eigenvalue weighted by Gasteiger charge is 2.27. The van der Waals surface area contributed by atoms with Crippen LogP contribution in [0.2, 0.25) is 0 Å². The molecule has 2 aromatic heterocycles. The number of nitrogens with one attached hydrogen (secondary N) is 1. The molecule has 0 aliphatic carbocycles. The number of imidazole rings is 1. The van der Waals surface area contributed by atoms with E-state index in [1.54, 1.807) is 14.2 Å². The number of aromatic nitrogens is 3. The maximum absolute atomic E-state index is 12.6. The first kappa shape index (κ1) is 26.9. The molecule has 1 saturated heterocycles. The number of aryl methyl sites for hydroxylation is 2. The van der Waals surface area contributed by atoms with Crippen molar-refractivity contribution in [2.75, 3.05) is 39.3 Å². The number of anilines is 1. The average Bonchev–Trinajstić information content (AvgIpc) is 3.53. The van der Waals surface area contributed by atoms with Gasteiger partial charge in [0, 0.05) is 31.8 Å². The summed E-state index contributed by atoms with van der Waals surface area (Å²) in [5.74, 6) is 1.39. The number of methoxy groups -OCH3 is 2. The van der Waals surface area contributed by atoms with Crippen LogP contribution in [0.25, 0.3) is 16.9 Å². The van der Waals surface area contributed by atoms with Crippen molar-refractivity contribution >= 4 is 17.2 Å². The number of benzene rings is 2. The van der Waals surface area contributed by atoms with Crippen LogP contribution in [-0.4, -0.2) is 66.1 Å². The van der Waals surface area contributed by atoms with E-state index in [4.69, 9.17) is 24.7 Å². The Hall–Kier alpha value is -4.11. The summed E-state index contributed by atoms with van der Waals surface area (Å²) in [5, 5.41) is 15.0. The standard InChI is InChI=1S/C28H31N5O3.CH4O/c1-18-14-23(32-13-12-22(17-32)30-26(34)15-20-8-6-5-7-9-20)28-29-19(2)27(33(28)31-18)21-10-11-24(35-3)25(16-21)36-4;1-2/h5-11,14,16,22H,12-13,15,17H2,1-4H3,(H,30,34);2H,1H3. The molecular formula is C29H35N5O4. The SMILES string of the molecule is CO.COc1ccc(-c2c(C)nc3c(N4CCC(NC(=O)Cc5ccccc5)C4)cc(C)nn23)cc1OC. The Bertz CT molecular complexity index is 1400. The van der Waals surface area contributed by atoms with Crippen LogP contribution < -0.4 is 19.7 Å². The second kappa shape index (κ2) is 12.0. The van der Waals surface area contributed by atoms with E-state index in [9.17, 15) is 4.79 Å². The van der Waals surface area contributed by atoms with Crippen molar-refractivity contribution in [3.63, 3.8) is 0 Å². The van der Waals surface area contributed by atoms with Gasteiger partial charge in [-0.05, 0) is 50.1 Å². The quantitative estimate of drug-likeness (QED) is 0.386. The van der Waals surface area contributed by atoms with Crippen molar-refractivity contribution in [1.29, 1.82) is 0 Å². The molecule has 0 saturated carbocycles. The van der Waals surface area contributed by atoms with Crippen LogP contribution >= 0.6 is 0 Å². The highest BCUT2D eigenvalue weighted by Crippen LogP contribution is 2.35. The number of hydrogen-bond acceptors (Lipinski definition) is 7. The number of ether oxygens (including phenoxy) is 2. The average molecular weight is 518 g/mol. The topological polar surface area (TPSA) is 101 Å². The van der Waals surface area contributed by atoms with E-state index in [-0.39, 0.29) is 11.9 Å². The maximum Gasteiger partial charge on any atom is 0.224 e. The van der Waals surface area contributed by atoms with Crippen molar-refractivity contribution in [3.8, 4) is 22.8 Å². The predicted octanol–water partition coefficient (Wildman–Crippen LogP) is 3.58. The third-order valence-electron chi connectivity index (χ3n) is 6.62.